The predicted molar refractivity (Wildman–Crippen MR) is 75.7 cm³/mol. The number of ether oxygens (including phenoxy) is 1. The molecule has 0 amide bonds. The van der Waals surface area contributed by atoms with Gasteiger partial charge in [0, 0.05) is 25.4 Å². The highest BCUT2D eigenvalue weighted by Crippen LogP contribution is 2.27. The number of hydrogen-bond acceptors (Lipinski definition) is 4. The minimum atomic E-state index is -0.840. The molecule has 1 unspecified atom stereocenters. The molecule has 2 rings (SSSR count). The molecule has 1 atom stereocenters. The third kappa shape index (κ3) is 3.20. The molecule has 7 heteroatoms. The maximum Gasteiger partial charge on any atom is 0.125 e. The quantitative estimate of drug-likeness (QED) is 0.847. The molecule has 110 valence electrons. The largest absolute Gasteiger partial charge is 0.383 e. The van der Waals surface area contributed by atoms with Gasteiger partial charge >= 0.3 is 0 Å². The van der Waals surface area contributed by atoms with Crippen LogP contribution in [0.3, 0.4) is 0 Å². The van der Waals surface area contributed by atoms with Crippen molar-refractivity contribution in [2.75, 3.05) is 13.7 Å². The average Bonchev–Trinajstić information content (AvgIpc) is 3.03. The zero-order valence-corrected chi connectivity index (χ0v) is 12.4. The molecule has 0 fully saturated rings. The van der Waals surface area contributed by atoms with Crippen molar-refractivity contribution < 1.29 is 9.84 Å². The minimum Gasteiger partial charge on any atom is -0.383 e. The van der Waals surface area contributed by atoms with Crippen molar-refractivity contribution >= 4 is 11.6 Å². The Kier molecular flexibility index (Phi) is 5.17. The van der Waals surface area contributed by atoms with Gasteiger partial charge in [0.1, 0.15) is 6.10 Å². The molecule has 0 aromatic carbocycles. The molecule has 0 aliphatic carbocycles. The fourth-order valence-corrected chi connectivity index (χ4v) is 2.27. The molecule has 0 saturated heterocycles. The third-order valence-corrected chi connectivity index (χ3v) is 3.31. The maximum atomic E-state index is 10.5. The minimum absolute atomic E-state index is 0.442. The molecule has 2 heterocycles. The predicted octanol–water partition coefficient (Wildman–Crippen LogP) is 1.87. The summed E-state index contributed by atoms with van der Waals surface area (Å²) >= 11 is 6.13. The summed E-state index contributed by atoms with van der Waals surface area (Å²) in [6, 6.07) is 0. The van der Waals surface area contributed by atoms with Crippen LogP contribution >= 0.6 is 11.6 Å². The van der Waals surface area contributed by atoms with Gasteiger partial charge in [-0.05, 0) is 6.42 Å². The first kappa shape index (κ1) is 15.0. The second-order valence-electron chi connectivity index (χ2n) is 4.53. The van der Waals surface area contributed by atoms with Crippen LogP contribution < -0.4 is 0 Å². The summed E-state index contributed by atoms with van der Waals surface area (Å²) in [7, 11) is 1.62. The molecule has 0 bridgehead atoms. The Morgan fingerprint density at radius 2 is 2.15 bits per heavy atom. The highest BCUT2D eigenvalue weighted by Gasteiger charge is 2.21. The normalized spacial score (nSPS) is 12.8. The van der Waals surface area contributed by atoms with Crippen molar-refractivity contribution in [3.63, 3.8) is 0 Å². The van der Waals surface area contributed by atoms with Gasteiger partial charge in [0.25, 0.3) is 0 Å². The van der Waals surface area contributed by atoms with E-state index in [0.29, 0.717) is 29.4 Å². The van der Waals surface area contributed by atoms with Crippen molar-refractivity contribution in [3.8, 4) is 0 Å². The SMILES string of the molecule is CCCn1cc(C(O)c2c(Cl)cnn2CCOC)cn1. The van der Waals surface area contributed by atoms with E-state index in [1.54, 1.807) is 18.0 Å². The number of nitrogens with zero attached hydrogens (tertiary/aromatic N) is 4. The second-order valence-corrected chi connectivity index (χ2v) is 4.94. The number of aryl methyl sites for hydroxylation is 1. The summed E-state index contributed by atoms with van der Waals surface area (Å²) in [5.74, 6) is 0. The monoisotopic (exact) mass is 298 g/mol. The van der Waals surface area contributed by atoms with E-state index < -0.39 is 6.10 Å². The summed E-state index contributed by atoms with van der Waals surface area (Å²) in [5, 5.41) is 19.3. The Balaban J connectivity index is 2.22. The van der Waals surface area contributed by atoms with Gasteiger partial charge in [-0.25, -0.2) is 0 Å². The van der Waals surface area contributed by atoms with Gasteiger partial charge in [-0.1, -0.05) is 18.5 Å². The van der Waals surface area contributed by atoms with Crippen LogP contribution in [0.2, 0.25) is 5.02 Å². The van der Waals surface area contributed by atoms with Gasteiger partial charge in [-0.15, -0.1) is 0 Å². The molecule has 0 radical (unpaired) electrons. The summed E-state index contributed by atoms with van der Waals surface area (Å²) < 4.78 is 8.50. The summed E-state index contributed by atoms with van der Waals surface area (Å²) in [6.07, 6.45) is 5.17. The first-order chi connectivity index (χ1) is 9.67. The number of halogens is 1. The number of hydrogen-bond donors (Lipinski definition) is 1. The molecule has 20 heavy (non-hydrogen) atoms. The van der Waals surface area contributed by atoms with Crippen LogP contribution in [0.25, 0.3) is 0 Å². The van der Waals surface area contributed by atoms with Crippen molar-refractivity contribution in [1.29, 1.82) is 0 Å². The molecule has 0 saturated carbocycles. The molecule has 1 N–H and O–H groups in total. The van der Waals surface area contributed by atoms with Crippen molar-refractivity contribution in [2.45, 2.75) is 32.5 Å². The Hall–Kier alpha value is -1.37. The Morgan fingerprint density at radius 3 is 2.85 bits per heavy atom. The van der Waals surface area contributed by atoms with Crippen LogP contribution in [0.15, 0.2) is 18.6 Å². The Morgan fingerprint density at radius 1 is 1.35 bits per heavy atom. The Labute approximate surface area is 122 Å². The van der Waals surface area contributed by atoms with E-state index in [2.05, 4.69) is 17.1 Å². The molecule has 2 aromatic heterocycles. The van der Waals surface area contributed by atoms with Crippen molar-refractivity contribution in [1.82, 2.24) is 19.6 Å². The van der Waals surface area contributed by atoms with Gasteiger partial charge in [-0.3, -0.25) is 9.36 Å². The van der Waals surface area contributed by atoms with Crippen LogP contribution in [0, 0.1) is 0 Å². The second kappa shape index (κ2) is 6.88. The first-order valence-electron chi connectivity index (χ1n) is 6.58. The van der Waals surface area contributed by atoms with E-state index in [-0.39, 0.29) is 0 Å². The van der Waals surface area contributed by atoms with Crippen molar-refractivity contribution in [2.24, 2.45) is 0 Å². The third-order valence-electron chi connectivity index (χ3n) is 3.02. The lowest BCUT2D eigenvalue weighted by Gasteiger charge is -2.12. The molecule has 6 nitrogen and oxygen atoms in total. The zero-order valence-electron chi connectivity index (χ0n) is 11.7. The Bertz CT molecular complexity index is 552. The maximum absolute atomic E-state index is 10.5. The lowest BCUT2D eigenvalue weighted by molar-refractivity contribution is 0.171. The molecule has 0 spiro atoms. The van der Waals surface area contributed by atoms with Crippen LogP contribution in [-0.4, -0.2) is 38.4 Å². The van der Waals surface area contributed by atoms with E-state index in [9.17, 15) is 5.11 Å². The zero-order chi connectivity index (χ0) is 14.5. The standard InChI is InChI=1S/C13H19ClN4O2/c1-3-4-17-9-10(7-15-17)13(19)12-11(14)8-16-18(12)5-6-20-2/h7-9,13,19H,3-6H2,1-2H3. The van der Waals surface area contributed by atoms with E-state index >= 15 is 0 Å². The lowest BCUT2D eigenvalue weighted by atomic mass is 10.1. The van der Waals surface area contributed by atoms with Gasteiger partial charge < -0.3 is 9.84 Å². The molecule has 2 aromatic rings. The highest BCUT2D eigenvalue weighted by atomic mass is 35.5. The summed E-state index contributed by atoms with van der Waals surface area (Å²) in [4.78, 5) is 0. The van der Waals surface area contributed by atoms with E-state index in [0.717, 1.165) is 13.0 Å². The number of aromatic nitrogens is 4. The van der Waals surface area contributed by atoms with E-state index in [1.807, 2.05) is 10.9 Å². The van der Waals surface area contributed by atoms with Crippen LogP contribution in [0.1, 0.15) is 30.7 Å². The number of methoxy groups -OCH3 is 1. The van der Waals surface area contributed by atoms with E-state index in [4.69, 9.17) is 16.3 Å². The fourth-order valence-electron chi connectivity index (χ4n) is 2.03. The van der Waals surface area contributed by atoms with Gasteiger partial charge in [0.05, 0.1) is 36.3 Å². The van der Waals surface area contributed by atoms with Gasteiger partial charge in [-0.2, -0.15) is 10.2 Å². The topological polar surface area (TPSA) is 65.1 Å². The molecular weight excluding hydrogens is 280 g/mol. The lowest BCUT2D eigenvalue weighted by Crippen LogP contribution is -2.13. The smallest absolute Gasteiger partial charge is 0.125 e. The van der Waals surface area contributed by atoms with Crippen LogP contribution in [0.4, 0.5) is 0 Å². The number of aliphatic hydroxyl groups is 1. The van der Waals surface area contributed by atoms with Crippen molar-refractivity contribution in [3.05, 3.63) is 34.9 Å². The summed E-state index contributed by atoms with van der Waals surface area (Å²) in [5.41, 5.74) is 1.28. The molecule has 0 aliphatic heterocycles. The molecular formula is C13H19ClN4O2. The number of rotatable bonds is 7. The molecule has 0 aliphatic rings. The van der Waals surface area contributed by atoms with E-state index in [1.165, 1.54) is 6.20 Å². The summed E-state index contributed by atoms with van der Waals surface area (Å²) in [6.45, 7) is 3.95. The van der Waals surface area contributed by atoms with Gasteiger partial charge in [0.2, 0.25) is 0 Å². The fraction of sp³-hybridized carbons (Fsp3) is 0.538. The van der Waals surface area contributed by atoms with Crippen LogP contribution in [0.5, 0.6) is 0 Å². The van der Waals surface area contributed by atoms with Crippen LogP contribution in [-0.2, 0) is 17.8 Å². The average molecular weight is 299 g/mol. The van der Waals surface area contributed by atoms with Gasteiger partial charge in [0.15, 0.2) is 0 Å². The first-order valence-corrected chi connectivity index (χ1v) is 6.95. The highest BCUT2D eigenvalue weighted by molar-refractivity contribution is 6.31. The number of aliphatic hydroxyl groups excluding tert-OH is 1.